The zero-order valence-electron chi connectivity index (χ0n) is 13.3. The Bertz CT molecular complexity index is 461. The van der Waals surface area contributed by atoms with Crippen LogP contribution in [0.2, 0.25) is 0 Å². The van der Waals surface area contributed by atoms with E-state index in [0.717, 1.165) is 11.1 Å². The van der Waals surface area contributed by atoms with Gasteiger partial charge in [-0.1, -0.05) is 24.3 Å². The van der Waals surface area contributed by atoms with Crippen LogP contribution < -0.4 is 11.1 Å². The second-order valence-corrected chi connectivity index (χ2v) is 6.14. The summed E-state index contributed by atoms with van der Waals surface area (Å²) in [6.45, 7) is 7.54. The second-order valence-electron chi connectivity index (χ2n) is 6.14. The molecule has 0 radical (unpaired) electrons. The standard InChI is InChI=1S/C17H27N3O/c1-12-4-5-13(2)20(12)14(3)17(21)19-11-16-8-6-15(10-18)7-9-16/h6-9,12-14H,4-5,10-11,18H2,1-3H3,(H,19,21). The number of benzene rings is 1. The van der Waals surface area contributed by atoms with Gasteiger partial charge in [0.25, 0.3) is 0 Å². The van der Waals surface area contributed by atoms with Crippen LogP contribution >= 0.6 is 0 Å². The van der Waals surface area contributed by atoms with Gasteiger partial charge in [0.2, 0.25) is 5.91 Å². The van der Waals surface area contributed by atoms with E-state index in [9.17, 15) is 4.79 Å². The van der Waals surface area contributed by atoms with E-state index in [4.69, 9.17) is 5.73 Å². The molecule has 4 nitrogen and oxygen atoms in total. The highest BCUT2D eigenvalue weighted by atomic mass is 16.2. The first kappa shape index (κ1) is 16.0. The minimum atomic E-state index is -0.0687. The fourth-order valence-corrected chi connectivity index (χ4v) is 3.24. The summed E-state index contributed by atoms with van der Waals surface area (Å²) < 4.78 is 0. The van der Waals surface area contributed by atoms with Crippen LogP contribution in [-0.4, -0.2) is 28.9 Å². The van der Waals surface area contributed by atoms with Crippen LogP contribution in [0.5, 0.6) is 0 Å². The molecule has 0 aromatic heterocycles. The molecule has 1 fully saturated rings. The third-order valence-electron chi connectivity index (χ3n) is 4.57. The summed E-state index contributed by atoms with van der Waals surface area (Å²) in [5, 5.41) is 3.04. The Labute approximate surface area is 127 Å². The van der Waals surface area contributed by atoms with Crippen molar-refractivity contribution >= 4 is 5.91 Å². The molecule has 1 amide bonds. The largest absolute Gasteiger partial charge is 0.351 e. The molecule has 0 spiro atoms. The maximum Gasteiger partial charge on any atom is 0.237 e. The number of carbonyl (C=O) groups excluding carboxylic acids is 1. The first-order valence-electron chi connectivity index (χ1n) is 7.86. The first-order valence-corrected chi connectivity index (χ1v) is 7.86. The van der Waals surface area contributed by atoms with Crippen LogP contribution in [0, 0.1) is 0 Å². The molecule has 2 rings (SSSR count). The molecular formula is C17H27N3O. The predicted molar refractivity (Wildman–Crippen MR) is 85.6 cm³/mol. The van der Waals surface area contributed by atoms with Gasteiger partial charge in [-0.25, -0.2) is 0 Å². The van der Waals surface area contributed by atoms with Crippen LogP contribution in [-0.2, 0) is 17.9 Å². The van der Waals surface area contributed by atoms with Gasteiger partial charge in [-0.2, -0.15) is 0 Å². The van der Waals surface area contributed by atoms with Crippen molar-refractivity contribution in [2.45, 2.75) is 64.8 Å². The number of nitrogens with one attached hydrogen (secondary N) is 1. The zero-order chi connectivity index (χ0) is 15.4. The molecule has 116 valence electrons. The zero-order valence-corrected chi connectivity index (χ0v) is 13.3. The summed E-state index contributed by atoms with van der Waals surface area (Å²) in [5.74, 6) is 0.110. The lowest BCUT2D eigenvalue weighted by atomic mass is 10.1. The SMILES string of the molecule is CC1CCC(C)N1C(C)C(=O)NCc1ccc(CN)cc1. The fraction of sp³-hybridized carbons (Fsp3) is 0.588. The number of hydrogen-bond donors (Lipinski definition) is 2. The lowest BCUT2D eigenvalue weighted by Crippen LogP contribution is -2.48. The Morgan fingerprint density at radius 1 is 1.24 bits per heavy atom. The smallest absolute Gasteiger partial charge is 0.237 e. The highest BCUT2D eigenvalue weighted by molar-refractivity contribution is 5.81. The van der Waals surface area contributed by atoms with Crippen LogP contribution in [0.4, 0.5) is 0 Å². The highest BCUT2D eigenvalue weighted by Crippen LogP contribution is 2.25. The van der Waals surface area contributed by atoms with E-state index in [2.05, 4.69) is 24.1 Å². The second kappa shape index (κ2) is 7.05. The number of nitrogens with zero attached hydrogens (tertiary/aromatic N) is 1. The van der Waals surface area contributed by atoms with Gasteiger partial charge in [-0.3, -0.25) is 9.69 Å². The molecule has 3 N–H and O–H groups in total. The molecule has 0 saturated carbocycles. The van der Waals surface area contributed by atoms with E-state index < -0.39 is 0 Å². The molecule has 21 heavy (non-hydrogen) atoms. The van der Waals surface area contributed by atoms with Gasteiger partial charge in [0.05, 0.1) is 6.04 Å². The maximum atomic E-state index is 12.3. The molecule has 3 atom stereocenters. The Kier molecular flexibility index (Phi) is 5.37. The van der Waals surface area contributed by atoms with Crippen molar-refractivity contribution in [3.63, 3.8) is 0 Å². The Morgan fingerprint density at radius 3 is 2.29 bits per heavy atom. The van der Waals surface area contributed by atoms with Gasteiger partial charge in [0, 0.05) is 25.2 Å². The summed E-state index contributed by atoms with van der Waals surface area (Å²) in [6.07, 6.45) is 2.36. The molecule has 4 heteroatoms. The lowest BCUT2D eigenvalue weighted by molar-refractivity contribution is -0.127. The number of likely N-dealkylation sites (tertiary alicyclic amines) is 1. The average Bonchev–Trinajstić information content (AvgIpc) is 2.83. The topological polar surface area (TPSA) is 58.4 Å². The Hall–Kier alpha value is -1.39. The van der Waals surface area contributed by atoms with Crippen molar-refractivity contribution < 1.29 is 4.79 Å². The van der Waals surface area contributed by atoms with Crippen molar-refractivity contribution in [3.8, 4) is 0 Å². The number of hydrogen-bond acceptors (Lipinski definition) is 3. The van der Waals surface area contributed by atoms with Crippen molar-refractivity contribution in [1.29, 1.82) is 0 Å². The van der Waals surface area contributed by atoms with Crippen molar-refractivity contribution in [1.82, 2.24) is 10.2 Å². The van der Waals surface area contributed by atoms with Gasteiger partial charge in [-0.05, 0) is 44.7 Å². The lowest BCUT2D eigenvalue weighted by Gasteiger charge is -2.31. The summed E-state index contributed by atoms with van der Waals surface area (Å²) in [6, 6.07) is 8.98. The Balaban J connectivity index is 1.88. The Morgan fingerprint density at radius 2 is 1.76 bits per heavy atom. The molecule has 1 aromatic rings. The van der Waals surface area contributed by atoms with E-state index in [1.165, 1.54) is 12.8 Å². The molecule has 1 saturated heterocycles. The summed E-state index contributed by atoms with van der Waals surface area (Å²) in [4.78, 5) is 14.7. The number of amides is 1. The number of nitrogens with two attached hydrogens (primary N) is 1. The van der Waals surface area contributed by atoms with E-state index in [1.807, 2.05) is 31.2 Å². The third kappa shape index (κ3) is 3.83. The minimum Gasteiger partial charge on any atom is -0.351 e. The monoisotopic (exact) mass is 289 g/mol. The molecule has 1 aliphatic heterocycles. The molecule has 3 unspecified atom stereocenters. The third-order valence-corrected chi connectivity index (χ3v) is 4.57. The van der Waals surface area contributed by atoms with Crippen LogP contribution in [0.3, 0.4) is 0 Å². The van der Waals surface area contributed by atoms with Crippen LogP contribution in [0.25, 0.3) is 0 Å². The van der Waals surface area contributed by atoms with E-state index >= 15 is 0 Å². The fourth-order valence-electron chi connectivity index (χ4n) is 3.24. The molecule has 0 bridgehead atoms. The van der Waals surface area contributed by atoms with Gasteiger partial charge in [-0.15, -0.1) is 0 Å². The summed E-state index contributed by atoms with van der Waals surface area (Å²) >= 11 is 0. The van der Waals surface area contributed by atoms with Crippen molar-refractivity contribution in [2.24, 2.45) is 5.73 Å². The number of rotatable bonds is 5. The van der Waals surface area contributed by atoms with Gasteiger partial charge >= 0.3 is 0 Å². The first-order chi connectivity index (χ1) is 10.0. The molecule has 1 heterocycles. The molecule has 1 aliphatic rings. The maximum absolute atomic E-state index is 12.3. The van der Waals surface area contributed by atoms with Gasteiger partial charge in [0.15, 0.2) is 0 Å². The normalized spacial score (nSPS) is 24.0. The molecular weight excluding hydrogens is 262 g/mol. The van der Waals surface area contributed by atoms with Crippen LogP contribution in [0.1, 0.15) is 44.7 Å². The quantitative estimate of drug-likeness (QED) is 0.872. The average molecular weight is 289 g/mol. The highest BCUT2D eigenvalue weighted by Gasteiger charge is 2.34. The van der Waals surface area contributed by atoms with Crippen LogP contribution in [0.15, 0.2) is 24.3 Å². The van der Waals surface area contributed by atoms with E-state index in [1.54, 1.807) is 0 Å². The predicted octanol–water partition coefficient (Wildman–Crippen LogP) is 2.02. The van der Waals surface area contributed by atoms with E-state index in [-0.39, 0.29) is 11.9 Å². The molecule has 1 aromatic carbocycles. The summed E-state index contributed by atoms with van der Waals surface area (Å²) in [5.41, 5.74) is 7.80. The summed E-state index contributed by atoms with van der Waals surface area (Å²) in [7, 11) is 0. The van der Waals surface area contributed by atoms with E-state index in [0.29, 0.717) is 25.2 Å². The molecule has 0 aliphatic carbocycles. The van der Waals surface area contributed by atoms with Gasteiger partial charge in [0.1, 0.15) is 0 Å². The van der Waals surface area contributed by atoms with Crippen molar-refractivity contribution in [2.75, 3.05) is 0 Å². The minimum absolute atomic E-state index is 0.0687. The number of carbonyl (C=O) groups is 1. The van der Waals surface area contributed by atoms with Gasteiger partial charge < -0.3 is 11.1 Å². The van der Waals surface area contributed by atoms with Crippen molar-refractivity contribution in [3.05, 3.63) is 35.4 Å².